The summed E-state index contributed by atoms with van der Waals surface area (Å²) in [6.07, 6.45) is 3.73. The van der Waals surface area contributed by atoms with Gasteiger partial charge in [-0.1, -0.05) is 36.4 Å². The van der Waals surface area contributed by atoms with E-state index in [9.17, 15) is 9.90 Å². The van der Waals surface area contributed by atoms with Gasteiger partial charge in [-0.05, 0) is 55.6 Å². The summed E-state index contributed by atoms with van der Waals surface area (Å²) in [5.41, 5.74) is 1.63. The monoisotopic (exact) mass is 420 g/mol. The van der Waals surface area contributed by atoms with Crippen LogP contribution in [0.3, 0.4) is 0 Å². The van der Waals surface area contributed by atoms with Crippen molar-refractivity contribution in [3.63, 3.8) is 0 Å². The van der Waals surface area contributed by atoms with Crippen LogP contribution >= 0.6 is 0 Å². The van der Waals surface area contributed by atoms with Gasteiger partial charge in [0.25, 0.3) is 5.91 Å². The Morgan fingerprint density at radius 2 is 2.10 bits per heavy atom. The van der Waals surface area contributed by atoms with Crippen molar-refractivity contribution in [1.29, 1.82) is 0 Å². The highest BCUT2D eigenvalue weighted by Gasteiger charge is 2.52. The number of piperidine rings is 1. The van der Waals surface area contributed by atoms with Crippen LogP contribution in [0.25, 0.3) is 0 Å². The van der Waals surface area contributed by atoms with Crippen LogP contribution in [-0.2, 0) is 5.41 Å². The number of methoxy groups -OCH3 is 1. The first-order valence-electron chi connectivity index (χ1n) is 11.1. The zero-order valence-corrected chi connectivity index (χ0v) is 18.2. The van der Waals surface area contributed by atoms with Crippen molar-refractivity contribution in [2.75, 3.05) is 26.7 Å². The van der Waals surface area contributed by atoms with Gasteiger partial charge in [0.2, 0.25) is 0 Å². The maximum absolute atomic E-state index is 12.8. The number of benzene rings is 2. The molecule has 3 unspecified atom stereocenters. The summed E-state index contributed by atoms with van der Waals surface area (Å²) in [7, 11) is 1.68. The highest BCUT2D eigenvalue weighted by molar-refractivity contribution is 5.94. The Morgan fingerprint density at radius 1 is 1.29 bits per heavy atom. The van der Waals surface area contributed by atoms with Crippen LogP contribution < -0.4 is 10.1 Å². The highest BCUT2D eigenvalue weighted by Crippen LogP contribution is 2.49. The lowest BCUT2D eigenvalue weighted by Gasteiger charge is -2.54. The average Bonchev–Trinajstić information content (AvgIpc) is 2.80. The van der Waals surface area contributed by atoms with Gasteiger partial charge in [0.1, 0.15) is 5.75 Å². The zero-order chi connectivity index (χ0) is 21.8. The molecule has 1 saturated heterocycles. The molecule has 0 bridgehead atoms. The van der Waals surface area contributed by atoms with Gasteiger partial charge in [-0.3, -0.25) is 9.69 Å². The first kappa shape index (κ1) is 21.6. The number of carbonyl (C=O) groups is 1. The molecule has 0 aromatic heterocycles. The SMILES string of the molecule is C=CCN1CCC2(c3cccc(OC)c3)C[C@@H](NC(=O)c3ccccc3)CC(O)C2C1. The number of nitrogens with zero attached hydrogens (tertiary/aromatic N) is 1. The number of aliphatic hydroxyl groups is 1. The minimum Gasteiger partial charge on any atom is -0.497 e. The predicted molar refractivity (Wildman–Crippen MR) is 122 cm³/mol. The summed E-state index contributed by atoms with van der Waals surface area (Å²) in [6.45, 7) is 6.47. The molecule has 164 valence electrons. The van der Waals surface area contributed by atoms with Crippen molar-refractivity contribution < 1.29 is 14.6 Å². The molecule has 1 saturated carbocycles. The third kappa shape index (κ3) is 4.39. The molecule has 31 heavy (non-hydrogen) atoms. The standard InChI is InChI=1S/C26H32N2O3/c1-3-13-28-14-12-26(20-10-7-11-22(15-20)31-2)17-21(16-24(29)23(26)18-28)27-25(30)19-8-5-4-6-9-19/h3-11,15,21,23-24,29H,1,12-14,16-18H2,2H3,(H,27,30)/t21-,23?,24?,26?/m0/s1. The van der Waals surface area contributed by atoms with Crippen molar-refractivity contribution in [2.24, 2.45) is 5.92 Å². The maximum Gasteiger partial charge on any atom is 0.251 e. The van der Waals surface area contributed by atoms with Gasteiger partial charge >= 0.3 is 0 Å². The quantitative estimate of drug-likeness (QED) is 0.704. The topological polar surface area (TPSA) is 61.8 Å². The third-order valence-corrected chi connectivity index (χ3v) is 7.04. The van der Waals surface area contributed by atoms with Gasteiger partial charge in [-0.15, -0.1) is 6.58 Å². The van der Waals surface area contributed by atoms with Crippen molar-refractivity contribution in [3.05, 3.63) is 78.4 Å². The Kier molecular flexibility index (Phi) is 6.44. The van der Waals surface area contributed by atoms with E-state index >= 15 is 0 Å². The second-order valence-corrected chi connectivity index (χ2v) is 8.84. The molecular formula is C26H32N2O3. The summed E-state index contributed by atoms with van der Waals surface area (Å²) < 4.78 is 5.50. The Hall–Kier alpha value is -2.63. The van der Waals surface area contributed by atoms with Crippen molar-refractivity contribution in [1.82, 2.24) is 10.2 Å². The molecule has 2 aliphatic rings. The summed E-state index contributed by atoms with van der Waals surface area (Å²) in [6, 6.07) is 17.4. The average molecular weight is 421 g/mol. The Morgan fingerprint density at radius 3 is 2.84 bits per heavy atom. The van der Waals surface area contributed by atoms with Crippen LogP contribution in [-0.4, -0.2) is 54.8 Å². The van der Waals surface area contributed by atoms with E-state index in [1.54, 1.807) is 7.11 Å². The second kappa shape index (κ2) is 9.25. The van der Waals surface area contributed by atoms with E-state index in [4.69, 9.17) is 4.74 Å². The molecule has 0 spiro atoms. The lowest BCUT2D eigenvalue weighted by Crippen LogP contribution is -2.61. The van der Waals surface area contributed by atoms with Crippen LogP contribution in [0.4, 0.5) is 0 Å². The van der Waals surface area contributed by atoms with Gasteiger partial charge in [-0.25, -0.2) is 0 Å². The number of ether oxygens (including phenoxy) is 1. The molecule has 4 rings (SSSR count). The van der Waals surface area contributed by atoms with Crippen LogP contribution in [0.5, 0.6) is 5.75 Å². The van der Waals surface area contributed by atoms with E-state index in [1.165, 1.54) is 5.56 Å². The summed E-state index contributed by atoms with van der Waals surface area (Å²) in [5, 5.41) is 14.5. The lowest BCUT2D eigenvalue weighted by molar-refractivity contribution is -0.0450. The minimum absolute atomic E-state index is 0.0823. The van der Waals surface area contributed by atoms with Crippen LogP contribution in [0.15, 0.2) is 67.3 Å². The van der Waals surface area contributed by atoms with E-state index < -0.39 is 6.10 Å². The second-order valence-electron chi connectivity index (χ2n) is 8.84. The normalized spacial score (nSPS) is 28.4. The Balaban J connectivity index is 1.64. The molecule has 2 N–H and O–H groups in total. The lowest BCUT2D eigenvalue weighted by atomic mass is 9.57. The number of carbonyl (C=O) groups excluding carboxylic acids is 1. The summed E-state index contributed by atoms with van der Waals surface area (Å²) in [5.74, 6) is 0.836. The number of fused-ring (bicyclic) bond motifs is 1. The molecule has 2 fully saturated rings. The van der Waals surface area contributed by atoms with Crippen molar-refractivity contribution in [3.8, 4) is 5.75 Å². The Bertz CT molecular complexity index is 916. The van der Waals surface area contributed by atoms with Crippen LogP contribution in [0.2, 0.25) is 0 Å². The first-order chi connectivity index (χ1) is 15.1. The highest BCUT2D eigenvalue weighted by atomic mass is 16.5. The molecule has 5 nitrogen and oxygen atoms in total. The maximum atomic E-state index is 12.8. The van der Waals surface area contributed by atoms with Gasteiger partial charge in [-0.2, -0.15) is 0 Å². The number of likely N-dealkylation sites (tertiary alicyclic amines) is 1. The van der Waals surface area contributed by atoms with Gasteiger partial charge in [0.05, 0.1) is 13.2 Å². The molecule has 4 atom stereocenters. The molecule has 1 heterocycles. The van der Waals surface area contributed by atoms with Crippen molar-refractivity contribution in [2.45, 2.75) is 36.8 Å². The fraction of sp³-hybridized carbons (Fsp3) is 0.423. The first-order valence-corrected chi connectivity index (χ1v) is 11.1. The molecular weight excluding hydrogens is 388 g/mol. The molecule has 1 amide bonds. The predicted octanol–water partition coefficient (Wildman–Crippen LogP) is 3.39. The van der Waals surface area contributed by atoms with Crippen LogP contribution in [0, 0.1) is 5.92 Å². The van der Waals surface area contributed by atoms with E-state index in [0.29, 0.717) is 12.0 Å². The van der Waals surface area contributed by atoms with E-state index in [-0.39, 0.29) is 23.3 Å². The molecule has 1 aliphatic carbocycles. The van der Waals surface area contributed by atoms with E-state index in [0.717, 1.165) is 38.2 Å². The fourth-order valence-electron chi connectivity index (χ4n) is 5.54. The summed E-state index contributed by atoms with van der Waals surface area (Å²) >= 11 is 0. The van der Waals surface area contributed by atoms with E-state index in [2.05, 4.69) is 28.9 Å². The fourth-order valence-corrected chi connectivity index (χ4v) is 5.54. The molecule has 1 aliphatic heterocycles. The molecule has 5 heteroatoms. The number of hydrogen-bond acceptors (Lipinski definition) is 4. The van der Waals surface area contributed by atoms with Gasteiger partial charge < -0.3 is 15.2 Å². The van der Waals surface area contributed by atoms with Crippen LogP contribution in [0.1, 0.15) is 35.2 Å². The molecule has 2 aromatic carbocycles. The van der Waals surface area contributed by atoms with Crippen molar-refractivity contribution >= 4 is 5.91 Å². The smallest absolute Gasteiger partial charge is 0.251 e. The molecule has 2 aromatic rings. The third-order valence-electron chi connectivity index (χ3n) is 7.04. The number of aliphatic hydroxyl groups excluding tert-OH is 1. The minimum atomic E-state index is -0.492. The number of hydrogen-bond donors (Lipinski definition) is 2. The number of nitrogens with one attached hydrogen (secondary N) is 1. The van der Waals surface area contributed by atoms with E-state index in [1.807, 2.05) is 48.5 Å². The van der Waals surface area contributed by atoms with Gasteiger partial charge in [0, 0.05) is 36.0 Å². The largest absolute Gasteiger partial charge is 0.497 e. The summed E-state index contributed by atoms with van der Waals surface area (Å²) in [4.78, 5) is 15.2. The van der Waals surface area contributed by atoms with Gasteiger partial charge in [0.15, 0.2) is 0 Å². The molecule has 0 radical (unpaired) electrons. The number of rotatable bonds is 6. The number of amides is 1. The Labute approximate surface area is 184 Å². The zero-order valence-electron chi connectivity index (χ0n) is 18.2.